The van der Waals surface area contributed by atoms with Gasteiger partial charge in [-0.15, -0.1) is 0 Å². The van der Waals surface area contributed by atoms with Gasteiger partial charge in [-0.3, -0.25) is 4.79 Å². The van der Waals surface area contributed by atoms with Crippen molar-refractivity contribution in [3.8, 4) is 0 Å². The van der Waals surface area contributed by atoms with Crippen molar-refractivity contribution < 1.29 is 17.6 Å². The van der Waals surface area contributed by atoms with Crippen LogP contribution in [0.15, 0.2) is 38.1 Å². The van der Waals surface area contributed by atoms with Gasteiger partial charge in [-0.1, -0.05) is 25.4 Å². The summed E-state index contributed by atoms with van der Waals surface area (Å²) in [6, 6.07) is 5.29. The molecule has 1 saturated heterocycles. The smallest absolute Gasteiger partial charge is 0.251 e. The fourth-order valence-electron chi connectivity index (χ4n) is 3.86. The van der Waals surface area contributed by atoms with Crippen LogP contribution in [0, 0.1) is 12.7 Å². The van der Waals surface area contributed by atoms with E-state index in [2.05, 4.69) is 26.2 Å². The number of benzene rings is 1. The molecule has 2 aromatic heterocycles. The van der Waals surface area contributed by atoms with Crippen LogP contribution in [-0.2, 0) is 0 Å². The van der Waals surface area contributed by atoms with E-state index in [0.29, 0.717) is 21.0 Å². The molecule has 1 aliphatic heterocycles. The second kappa shape index (κ2) is 10.6. The number of nitrogens with zero attached hydrogens (tertiary/aromatic N) is 2. The highest BCUT2D eigenvalue weighted by Crippen LogP contribution is 2.35. The zero-order valence-electron chi connectivity index (χ0n) is 19.3. The van der Waals surface area contributed by atoms with E-state index in [4.69, 9.17) is 16.0 Å². The number of fused-ring (bicyclic) bond motifs is 1. The molecule has 0 radical (unpaired) electrons. The summed E-state index contributed by atoms with van der Waals surface area (Å²) in [6.45, 7) is 7.48. The zero-order chi connectivity index (χ0) is 25.2. The summed E-state index contributed by atoms with van der Waals surface area (Å²) in [5.74, 6) is -3.06. The predicted octanol–water partition coefficient (Wildman–Crippen LogP) is 7.49. The van der Waals surface area contributed by atoms with Gasteiger partial charge < -0.3 is 14.6 Å². The lowest BCUT2D eigenvalue weighted by Crippen LogP contribution is -2.40. The number of anilines is 2. The number of nitrogens with one attached hydrogen (secondary N) is 1. The number of alkyl halides is 2. The van der Waals surface area contributed by atoms with Crippen LogP contribution in [0.5, 0.6) is 0 Å². The lowest BCUT2D eigenvalue weighted by Gasteiger charge is -2.33. The highest BCUT2D eigenvalue weighted by Gasteiger charge is 2.35. The van der Waals surface area contributed by atoms with Crippen molar-refractivity contribution in [1.82, 2.24) is 4.98 Å². The van der Waals surface area contributed by atoms with Gasteiger partial charge in [-0.05, 0) is 54.0 Å². The summed E-state index contributed by atoms with van der Waals surface area (Å²) < 4.78 is 48.3. The van der Waals surface area contributed by atoms with Crippen molar-refractivity contribution in [3.05, 3.63) is 61.2 Å². The summed E-state index contributed by atoms with van der Waals surface area (Å²) >= 11 is 9.22. The van der Waals surface area contributed by atoms with Crippen LogP contribution in [0.25, 0.3) is 11.0 Å². The Labute approximate surface area is 209 Å². The van der Waals surface area contributed by atoms with Crippen LogP contribution in [-0.4, -0.2) is 24.0 Å². The number of hydrogen-bond donors (Lipinski definition) is 1. The molecule has 0 amide bonds. The van der Waals surface area contributed by atoms with E-state index in [1.165, 1.54) is 6.07 Å². The Bertz CT molecular complexity index is 1240. The zero-order valence-corrected chi connectivity index (χ0v) is 21.7. The minimum Gasteiger partial charge on any atom is -0.440 e. The molecule has 34 heavy (non-hydrogen) atoms. The maximum atomic E-state index is 14.4. The first kappa shape index (κ1) is 26.3. The molecule has 4 rings (SSSR count). The number of piperidine rings is 1. The molecule has 0 saturated carbocycles. The average molecular weight is 561 g/mol. The minimum atomic E-state index is -2.73. The Morgan fingerprint density at radius 3 is 2.50 bits per heavy atom. The SMILES string of the molecule is CC.Cc1c(N2CCC(F)(F)CC2)oc2c(C(C)Nc3ccc(Cl)nc3Br)cc(F)cc2c1=O. The molecule has 3 heterocycles. The quantitative estimate of drug-likeness (QED) is 0.335. The van der Waals surface area contributed by atoms with E-state index in [1.54, 1.807) is 30.9 Å². The van der Waals surface area contributed by atoms with E-state index >= 15 is 0 Å². The fourth-order valence-corrected chi connectivity index (χ4v) is 4.55. The van der Waals surface area contributed by atoms with E-state index in [-0.39, 0.29) is 53.8 Å². The van der Waals surface area contributed by atoms with Crippen molar-refractivity contribution in [1.29, 1.82) is 0 Å². The van der Waals surface area contributed by atoms with Crippen LogP contribution in [0.2, 0.25) is 5.15 Å². The molecule has 0 spiro atoms. The first-order valence-electron chi connectivity index (χ1n) is 11.0. The molecule has 10 heteroatoms. The summed E-state index contributed by atoms with van der Waals surface area (Å²) in [4.78, 5) is 18.8. The topological polar surface area (TPSA) is 58.4 Å². The van der Waals surface area contributed by atoms with Gasteiger partial charge in [0, 0.05) is 31.5 Å². The molecular weight excluding hydrogens is 535 g/mol. The van der Waals surface area contributed by atoms with E-state index < -0.39 is 17.8 Å². The average Bonchev–Trinajstić information content (AvgIpc) is 2.79. The Hall–Kier alpha value is -2.26. The fraction of sp³-hybridized carbons (Fsp3) is 0.417. The Balaban J connectivity index is 0.00000158. The summed E-state index contributed by atoms with van der Waals surface area (Å²) in [5.41, 5.74) is 1.13. The second-order valence-corrected chi connectivity index (χ2v) is 9.05. The maximum absolute atomic E-state index is 14.4. The molecule has 0 aliphatic carbocycles. The predicted molar refractivity (Wildman–Crippen MR) is 134 cm³/mol. The molecule has 1 N–H and O–H groups in total. The van der Waals surface area contributed by atoms with Gasteiger partial charge in [0.25, 0.3) is 5.92 Å². The molecule has 1 aromatic carbocycles. The lowest BCUT2D eigenvalue weighted by molar-refractivity contribution is -0.0225. The third-order valence-electron chi connectivity index (χ3n) is 5.62. The molecule has 1 fully saturated rings. The Morgan fingerprint density at radius 2 is 1.88 bits per heavy atom. The van der Waals surface area contributed by atoms with E-state index in [9.17, 15) is 18.0 Å². The minimum absolute atomic E-state index is 0.0655. The largest absolute Gasteiger partial charge is 0.440 e. The summed E-state index contributed by atoms with van der Waals surface area (Å²) in [7, 11) is 0. The summed E-state index contributed by atoms with van der Waals surface area (Å²) in [5, 5.41) is 3.62. The van der Waals surface area contributed by atoms with E-state index in [0.717, 1.165) is 6.07 Å². The first-order valence-corrected chi connectivity index (χ1v) is 12.2. The molecular formula is C24H26BrClF3N3O2. The van der Waals surface area contributed by atoms with Crippen LogP contribution < -0.4 is 15.6 Å². The monoisotopic (exact) mass is 559 g/mol. The van der Waals surface area contributed by atoms with Crippen molar-refractivity contribution in [3.63, 3.8) is 0 Å². The van der Waals surface area contributed by atoms with Gasteiger partial charge in [0.05, 0.1) is 22.7 Å². The number of pyridine rings is 1. The van der Waals surface area contributed by atoms with Crippen LogP contribution in [0.4, 0.5) is 24.7 Å². The molecule has 1 unspecified atom stereocenters. The lowest BCUT2D eigenvalue weighted by atomic mass is 10.0. The normalized spacial score (nSPS) is 16.1. The van der Waals surface area contributed by atoms with Gasteiger partial charge in [-0.2, -0.15) is 0 Å². The third kappa shape index (κ3) is 5.51. The van der Waals surface area contributed by atoms with Crippen LogP contribution >= 0.6 is 27.5 Å². The van der Waals surface area contributed by atoms with Crippen molar-refractivity contribution in [2.45, 2.75) is 52.5 Å². The van der Waals surface area contributed by atoms with Crippen LogP contribution in [0.1, 0.15) is 50.8 Å². The highest BCUT2D eigenvalue weighted by molar-refractivity contribution is 9.10. The summed E-state index contributed by atoms with van der Waals surface area (Å²) in [6.07, 6.45) is -0.639. The van der Waals surface area contributed by atoms with Gasteiger partial charge in [0.15, 0.2) is 5.43 Å². The van der Waals surface area contributed by atoms with Gasteiger partial charge in [0.2, 0.25) is 5.88 Å². The molecule has 0 bridgehead atoms. The van der Waals surface area contributed by atoms with Gasteiger partial charge in [-0.25, -0.2) is 18.2 Å². The Morgan fingerprint density at radius 1 is 1.24 bits per heavy atom. The van der Waals surface area contributed by atoms with Crippen molar-refractivity contribution in [2.75, 3.05) is 23.3 Å². The van der Waals surface area contributed by atoms with Crippen molar-refractivity contribution >= 4 is 50.1 Å². The molecule has 3 aromatic rings. The highest BCUT2D eigenvalue weighted by atomic mass is 79.9. The third-order valence-corrected chi connectivity index (χ3v) is 6.44. The second-order valence-electron chi connectivity index (χ2n) is 7.91. The standard InChI is InChI=1S/C22H20BrClF3N3O2.C2H6/c1-11-18(31)15-10-13(25)9-14(12(2)28-16-3-4-17(24)29-20(16)23)19(15)32-21(11)30-7-5-22(26,27)6-8-30;1-2/h3-4,9-10,12,28H,5-8H2,1-2H3;1-2H3. The molecule has 1 atom stereocenters. The first-order chi connectivity index (χ1) is 16.1. The molecule has 5 nitrogen and oxygen atoms in total. The number of halogens is 5. The number of aromatic nitrogens is 1. The molecule has 1 aliphatic rings. The van der Waals surface area contributed by atoms with Gasteiger partial charge in [0.1, 0.15) is 21.2 Å². The van der Waals surface area contributed by atoms with Crippen molar-refractivity contribution in [2.24, 2.45) is 0 Å². The number of rotatable bonds is 4. The number of hydrogen-bond acceptors (Lipinski definition) is 5. The van der Waals surface area contributed by atoms with Crippen LogP contribution in [0.3, 0.4) is 0 Å². The van der Waals surface area contributed by atoms with E-state index in [1.807, 2.05) is 13.8 Å². The Kier molecular flexibility index (Phi) is 8.18. The molecule has 184 valence electrons. The maximum Gasteiger partial charge on any atom is 0.251 e. The van der Waals surface area contributed by atoms with Gasteiger partial charge >= 0.3 is 0 Å².